The van der Waals surface area contributed by atoms with Crippen molar-refractivity contribution in [2.24, 2.45) is 0 Å². The number of hydrazine groups is 1. The quantitative estimate of drug-likeness (QED) is 0.265. The molecular weight excluding hydrogens is 436 g/mol. The van der Waals surface area contributed by atoms with E-state index < -0.39 is 16.4 Å². The third-order valence-electron chi connectivity index (χ3n) is 3.91. The summed E-state index contributed by atoms with van der Waals surface area (Å²) in [6.45, 7) is 1.67. The molecule has 0 saturated carbocycles. The van der Waals surface area contributed by atoms with E-state index in [-0.39, 0.29) is 17.1 Å². The van der Waals surface area contributed by atoms with Crippen LogP contribution in [0.2, 0.25) is 5.02 Å². The fraction of sp³-hybridized carbons (Fsp3) is 0.0588. The molecule has 3 aromatic rings. The van der Waals surface area contributed by atoms with Crippen molar-refractivity contribution in [3.8, 4) is 0 Å². The molecule has 0 spiro atoms. The lowest BCUT2D eigenvalue weighted by molar-refractivity contribution is -0.996. The molecule has 30 heavy (non-hydrogen) atoms. The fourth-order valence-corrected chi connectivity index (χ4v) is 3.47. The lowest BCUT2D eigenvalue weighted by Gasteiger charge is -2.19. The number of quaternary nitrogens is 2. The highest BCUT2D eigenvalue weighted by atomic mass is 35.5. The highest BCUT2D eigenvalue weighted by Crippen LogP contribution is 2.27. The molecule has 7 N–H and O–H groups in total. The van der Waals surface area contributed by atoms with E-state index in [0.29, 0.717) is 20.7 Å². The van der Waals surface area contributed by atoms with E-state index in [1.165, 1.54) is 12.1 Å². The molecule has 0 radical (unpaired) electrons. The number of nitrogens with one attached hydrogen (secondary N) is 5. The maximum Gasteiger partial charge on any atom is 0.281 e. The van der Waals surface area contributed by atoms with Crippen LogP contribution in [0.15, 0.2) is 42.5 Å². The topological polar surface area (TPSA) is 162 Å². The number of rotatable bonds is 7. The largest absolute Gasteiger partial charge is 0.595 e. The van der Waals surface area contributed by atoms with Crippen molar-refractivity contribution in [2.45, 2.75) is 6.92 Å². The zero-order valence-corrected chi connectivity index (χ0v) is 17.0. The third-order valence-corrected chi connectivity index (χ3v) is 5.23. The molecule has 0 saturated heterocycles. The van der Waals surface area contributed by atoms with Crippen molar-refractivity contribution < 1.29 is 25.7 Å². The maximum atomic E-state index is 12.5. The summed E-state index contributed by atoms with van der Waals surface area (Å²) in [5, 5.41) is 42.3. The predicted octanol–water partition coefficient (Wildman–Crippen LogP) is 1.41. The number of carbonyl (C=O) groups is 1. The van der Waals surface area contributed by atoms with Crippen LogP contribution in [0.4, 0.5) is 27.9 Å². The molecule has 0 aliphatic rings. The fourth-order valence-electron chi connectivity index (χ4n) is 2.46. The smallest absolute Gasteiger partial charge is 0.281 e. The second kappa shape index (κ2) is 9.34. The first-order chi connectivity index (χ1) is 14.2. The second-order valence-electron chi connectivity index (χ2n) is 6.02. The number of anilines is 3. The molecular formula is C17H17ClN6O5S. The number of halogens is 1. The Kier molecular flexibility index (Phi) is 6.81. The van der Waals surface area contributed by atoms with Gasteiger partial charge >= 0.3 is 0 Å². The monoisotopic (exact) mass is 452 g/mol. The highest BCUT2D eigenvalue weighted by molar-refractivity contribution is 7.17. The van der Waals surface area contributed by atoms with Gasteiger partial charge in [0.1, 0.15) is 10.6 Å². The summed E-state index contributed by atoms with van der Waals surface area (Å²) in [5.41, 5.74) is 5.74. The first-order valence-electron chi connectivity index (χ1n) is 8.41. The van der Waals surface area contributed by atoms with E-state index in [2.05, 4.69) is 21.2 Å². The molecule has 1 heterocycles. The summed E-state index contributed by atoms with van der Waals surface area (Å²) in [7, 11) is 0. The number of benzene rings is 2. The summed E-state index contributed by atoms with van der Waals surface area (Å²) in [4.78, 5) is 17.1. The van der Waals surface area contributed by atoms with Crippen molar-refractivity contribution in [3.63, 3.8) is 0 Å². The van der Waals surface area contributed by atoms with Crippen LogP contribution in [0, 0.1) is 17.3 Å². The van der Waals surface area contributed by atoms with Crippen molar-refractivity contribution in [1.29, 1.82) is 0 Å². The summed E-state index contributed by atoms with van der Waals surface area (Å²) in [5.74, 6) is -0.521. The number of amides is 1. The molecule has 0 fully saturated rings. The van der Waals surface area contributed by atoms with Gasteiger partial charge in [-0.25, -0.2) is 15.4 Å². The highest BCUT2D eigenvalue weighted by Gasteiger charge is 2.18. The number of hydrogen-bond donors (Lipinski definition) is 7. The maximum absolute atomic E-state index is 12.5. The van der Waals surface area contributed by atoms with E-state index >= 15 is 0 Å². The van der Waals surface area contributed by atoms with E-state index in [4.69, 9.17) is 16.8 Å². The van der Waals surface area contributed by atoms with Gasteiger partial charge in [-0.2, -0.15) is 10.5 Å². The van der Waals surface area contributed by atoms with Gasteiger partial charge in [-0.15, -0.1) is 0 Å². The molecule has 2 atom stereocenters. The zero-order valence-electron chi connectivity index (χ0n) is 15.4. The van der Waals surface area contributed by atoms with Crippen LogP contribution in [0.1, 0.15) is 15.4 Å². The molecule has 0 aliphatic carbocycles. The normalized spacial score (nSPS) is 12.9. The minimum absolute atomic E-state index is 0.0440. The third kappa shape index (κ3) is 5.21. The predicted molar refractivity (Wildman–Crippen MR) is 111 cm³/mol. The molecule has 3 rings (SSSR count). The summed E-state index contributed by atoms with van der Waals surface area (Å²) in [6.07, 6.45) is 0. The van der Waals surface area contributed by atoms with Gasteiger partial charge in [-0.1, -0.05) is 22.9 Å². The Morgan fingerprint density at radius 3 is 2.47 bits per heavy atom. The standard InChI is InChI=1S/C17H17ClN6O5S/c1-9-15(30-17(19-9)20-11-4-2-10(18)3-5-11)16(25)22-21-13-7-6-12(23(26)27)8-14(13)24(28)29/h2-8,21,23-24,26,28H,1H3,(H,19,20)(H,22,25). The second-order valence-corrected chi connectivity index (χ2v) is 7.45. The Labute approximate surface area is 179 Å². The van der Waals surface area contributed by atoms with Gasteiger partial charge in [0.15, 0.2) is 16.5 Å². The Balaban J connectivity index is 1.71. The Morgan fingerprint density at radius 1 is 1.13 bits per heavy atom. The number of thiazole rings is 1. The molecule has 13 heteroatoms. The average molecular weight is 453 g/mol. The number of aryl methyl sites for hydroxylation is 1. The van der Waals surface area contributed by atoms with Gasteiger partial charge in [0, 0.05) is 16.8 Å². The van der Waals surface area contributed by atoms with E-state index in [9.17, 15) is 20.4 Å². The van der Waals surface area contributed by atoms with Crippen molar-refractivity contribution in [3.05, 3.63) is 68.5 Å². The summed E-state index contributed by atoms with van der Waals surface area (Å²) >= 11 is 6.98. The Bertz CT molecular complexity index is 1040. The van der Waals surface area contributed by atoms with Crippen LogP contribution in [-0.4, -0.2) is 21.3 Å². The lowest BCUT2D eigenvalue weighted by atomic mass is 10.2. The lowest BCUT2D eigenvalue weighted by Crippen LogP contribution is -3.00. The van der Waals surface area contributed by atoms with E-state index in [0.717, 1.165) is 23.1 Å². The number of hydrogen-bond acceptors (Lipinski definition) is 9. The molecule has 2 aromatic carbocycles. The van der Waals surface area contributed by atoms with Crippen molar-refractivity contribution in [2.75, 3.05) is 10.7 Å². The summed E-state index contributed by atoms with van der Waals surface area (Å²) in [6, 6.07) is 10.5. The number of carbonyl (C=O) groups excluding carboxylic acids is 1. The minimum atomic E-state index is -1.33. The van der Waals surface area contributed by atoms with Crippen LogP contribution in [0.3, 0.4) is 0 Å². The minimum Gasteiger partial charge on any atom is -0.595 e. The van der Waals surface area contributed by atoms with Gasteiger partial charge < -0.3 is 15.7 Å². The van der Waals surface area contributed by atoms with Crippen LogP contribution in [0.5, 0.6) is 0 Å². The van der Waals surface area contributed by atoms with Gasteiger partial charge in [-0.3, -0.25) is 15.6 Å². The van der Waals surface area contributed by atoms with Crippen LogP contribution in [-0.2, 0) is 0 Å². The molecule has 2 unspecified atom stereocenters. The van der Waals surface area contributed by atoms with Gasteiger partial charge in [0.05, 0.1) is 11.8 Å². The first kappa shape index (κ1) is 21.9. The number of aromatic nitrogens is 1. The van der Waals surface area contributed by atoms with Crippen molar-refractivity contribution >= 4 is 56.7 Å². The average Bonchev–Trinajstić information content (AvgIpc) is 3.07. The van der Waals surface area contributed by atoms with Gasteiger partial charge in [0.2, 0.25) is 0 Å². The van der Waals surface area contributed by atoms with E-state index in [1.807, 2.05) is 0 Å². The van der Waals surface area contributed by atoms with E-state index in [1.54, 1.807) is 31.2 Å². The number of nitrogens with zero attached hydrogens (tertiary/aromatic N) is 1. The SMILES string of the molecule is Cc1nc(Nc2ccc(Cl)cc2)sc1C(=O)NNc1ccc([NH+]([O-])O)cc1[NH+]([O-])O. The van der Waals surface area contributed by atoms with Crippen LogP contribution >= 0.6 is 22.9 Å². The molecule has 1 amide bonds. The molecule has 0 aliphatic heterocycles. The molecule has 11 nitrogen and oxygen atoms in total. The summed E-state index contributed by atoms with van der Waals surface area (Å²) < 4.78 is 0. The Hall–Kier alpha value is -2.81. The molecule has 158 valence electrons. The van der Waals surface area contributed by atoms with Gasteiger partial charge in [-0.05, 0) is 37.3 Å². The molecule has 0 bridgehead atoms. The van der Waals surface area contributed by atoms with Crippen LogP contribution < -0.4 is 26.6 Å². The van der Waals surface area contributed by atoms with Gasteiger partial charge in [0.25, 0.3) is 5.91 Å². The zero-order chi connectivity index (χ0) is 21.8. The first-order valence-corrected chi connectivity index (χ1v) is 9.61. The van der Waals surface area contributed by atoms with Crippen LogP contribution in [0.25, 0.3) is 0 Å². The molecule has 1 aromatic heterocycles. The Morgan fingerprint density at radius 2 is 1.83 bits per heavy atom. The van der Waals surface area contributed by atoms with Crippen molar-refractivity contribution in [1.82, 2.24) is 10.4 Å².